The van der Waals surface area contributed by atoms with Gasteiger partial charge in [-0.25, -0.2) is 0 Å². The van der Waals surface area contributed by atoms with Crippen LogP contribution in [0.4, 0.5) is 0 Å². The summed E-state index contributed by atoms with van der Waals surface area (Å²) in [6.45, 7) is 0. The Morgan fingerprint density at radius 3 is 2.67 bits per heavy atom. The number of halogens is 2. The molecule has 1 unspecified atom stereocenters. The Labute approximate surface area is 125 Å². The van der Waals surface area contributed by atoms with E-state index < -0.39 is 0 Å². The van der Waals surface area contributed by atoms with Gasteiger partial charge < -0.3 is 0 Å². The molecule has 2 aromatic rings. The summed E-state index contributed by atoms with van der Waals surface area (Å²) in [6, 6.07) is 14.7. The fraction of sp³-hybridized carbons (Fsp3) is 0.200. The first-order valence-corrected chi connectivity index (χ1v) is 8.08. The minimum atomic E-state index is 0.496. The Hall–Kier alpha value is -0.440. The van der Waals surface area contributed by atoms with E-state index in [4.69, 9.17) is 11.6 Å². The first kappa shape index (κ1) is 12.6. The lowest BCUT2D eigenvalue weighted by molar-refractivity contribution is 0.753. The fourth-order valence-corrected chi connectivity index (χ4v) is 4.42. The van der Waals surface area contributed by atoms with Gasteiger partial charge in [0.1, 0.15) is 0 Å². The van der Waals surface area contributed by atoms with Gasteiger partial charge in [-0.05, 0) is 57.4 Å². The van der Waals surface area contributed by atoms with E-state index in [-0.39, 0.29) is 0 Å². The summed E-state index contributed by atoms with van der Waals surface area (Å²) in [7, 11) is 0. The highest BCUT2D eigenvalue weighted by atomic mass is 79.9. The van der Waals surface area contributed by atoms with E-state index in [2.05, 4.69) is 46.3 Å². The number of fused-ring (bicyclic) bond motifs is 1. The molecule has 1 heterocycles. The van der Waals surface area contributed by atoms with Gasteiger partial charge >= 0.3 is 0 Å². The van der Waals surface area contributed by atoms with Gasteiger partial charge in [-0.2, -0.15) is 0 Å². The van der Waals surface area contributed by atoms with Crippen LogP contribution in [0.3, 0.4) is 0 Å². The minimum absolute atomic E-state index is 0.496. The van der Waals surface area contributed by atoms with Gasteiger partial charge in [-0.15, -0.1) is 11.8 Å². The number of thioether (sulfide) groups is 1. The average Bonchev–Trinajstić information content (AvgIpc) is 2.40. The maximum Gasteiger partial charge on any atom is 0.0406 e. The van der Waals surface area contributed by atoms with Crippen molar-refractivity contribution in [1.29, 1.82) is 0 Å². The lowest BCUT2D eigenvalue weighted by atomic mass is 9.89. The van der Waals surface area contributed by atoms with Crippen molar-refractivity contribution in [2.45, 2.75) is 17.2 Å². The third kappa shape index (κ3) is 2.34. The third-order valence-corrected chi connectivity index (χ3v) is 5.66. The highest BCUT2D eigenvalue weighted by molar-refractivity contribution is 9.10. The molecule has 0 fully saturated rings. The van der Waals surface area contributed by atoms with Gasteiger partial charge in [0, 0.05) is 20.3 Å². The van der Waals surface area contributed by atoms with E-state index in [9.17, 15) is 0 Å². The molecular formula is C15H12BrClS. The molecule has 0 nitrogen and oxygen atoms in total. The standard InChI is InChI=1S/C15H12BrClS/c16-14-3-1-2-13-12(8-9-18-15(13)14)10-4-6-11(17)7-5-10/h1-7,12H,8-9H2. The molecule has 0 saturated heterocycles. The predicted molar refractivity (Wildman–Crippen MR) is 82.8 cm³/mol. The molecule has 0 bridgehead atoms. The number of rotatable bonds is 1. The van der Waals surface area contributed by atoms with Crippen molar-refractivity contribution in [3.63, 3.8) is 0 Å². The minimum Gasteiger partial charge on any atom is -0.125 e. The molecule has 2 aromatic carbocycles. The van der Waals surface area contributed by atoms with E-state index in [0.717, 1.165) is 5.02 Å². The van der Waals surface area contributed by atoms with Crippen LogP contribution >= 0.6 is 39.3 Å². The predicted octanol–water partition coefficient (Wildman–Crippen LogP) is 5.73. The first-order chi connectivity index (χ1) is 8.75. The average molecular weight is 340 g/mol. The van der Waals surface area contributed by atoms with Crippen molar-refractivity contribution in [3.05, 3.63) is 63.1 Å². The Kier molecular flexibility index (Phi) is 3.69. The summed E-state index contributed by atoms with van der Waals surface area (Å²) in [5, 5.41) is 0.804. The van der Waals surface area contributed by atoms with Crippen molar-refractivity contribution >= 4 is 39.3 Å². The second-order valence-corrected chi connectivity index (χ2v) is 6.80. The molecule has 0 aromatic heterocycles. The summed E-state index contributed by atoms with van der Waals surface area (Å²) in [6.07, 6.45) is 1.19. The van der Waals surface area contributed by atoms with Crippen LogP contribution < -0.4 is 0 Å². The Bertz CT molecular complexity index is 565. The lowest BCUT2D eigenvalue weighted by Gasteiger charge is -2.26. The monoisotopic (exact) mass is 338 g/mol. The van der Waals surface area contributed by atoms with E-state index in [1.54, 1.807) is 0 Å². The molecule has 18 heavy (non-hydrogen) atoms. The normalized spacial score (nSPS) is 18.4. The number of hydrogen-bond donors (Lipinski definition) is 0. The fourth-order valence-electron chi connectivity index (χ4n) is 2.43. The van der Waals surface area contributed by atoms with Crippen LogP contribution in [-0.4, -0.2) is 5.75 Å². The molecule has 1 aliphatic heterocycles. The first-order valence-electron chi connectivity index (χ1n) is 5.92. The third-order valence-electron chi connectivity index (χ3n) is 3.30. The van der Waals surface area contributed by atoms with Crippen LogP contribution in [0.15, 0.2) is 51.8 Å². The van der Waals surface area contributed by atoms with E-state index in [0.29, 0.717) is 5.92 Å². The smallest absolute Gasteiger partial charge is 0.0406 e. The summed E-state index contributed by atoms with van der Waals surface area (Å²) in [5.41, 5.74) is 2.79. The van der Waals surface area contributed by atoms with Crippen molar-refractivity contribution in [1.82, 2.24) is 0 Å². The largest absolute Gasteiger partial charge is 0.125 e. The summed E-state index contributed by atoms with van der Waals surface area (Å²) in [4.78, 5) is 1.39. The molecule has 3 heteroatoms. The highest BCUT2D eigenvalue weighted by Gasteiger charge is 2.23. The Balaban J connectivity index is 2.06. The van der Waals surface area contributed by atoms with Gasteiger partial charge in [0.25, 0.3) is 0 Å². The molecule has 0 radical (unpaired) electrons. The summed E-state index contributed by atoms with van der Waals surface area (Å²) >= 11 is 11.6. The van der Waals surface area contributed by atoms with E-state index in [1.807, 2.05) is 23.9 Å². The summed E-state index contributed by atoms with van der Waals surface area (Å²) < 4.78 is 1.21. The van der Waals surface area contributed by atoms with Gasteiger partial charge in [0.15, 0.2) is 0 Å². The van der Waals surface area contributed by atoms with Crippen molar-refractivity contribution < 1.29 is 0 Å². The van der Waals surface area contributed by atoms with Crippen LogP contribution in [0.2, 0.25) is 5.02 Å². The van der Waals surface area contributed by atoms with Crippen LogP contribution in [0.25, 0.3) is 0 Å². The van der Waals surface area contributed by atoms with E-state index in [1.165, 1.54) is 32.7 Å². The second kappa shape index (κ2) is 5.28. The second-order valence-electron chi connectivity index (χ2n) is 4.40. The zero-order valence-corrected chi connectivity index (χ0v) is 12.9. The van der Waals surface area contributed by atoms with Crippen LogP contribution in [0.5, 0.6) is 0 Å². The zero-order chi connectivity index (χ0) is 12.5. The van der Waals surface area contributed by atoms with Crippen LogP contribution in [0, 0.1) is 0 Å². The van der Waals surface area contributed by atoms with Gasteiger partial charge in [-0.1, -0.05) is 35.9 Å². The molecule has 1 atom stereocenters. The topological polar surface area (TPSA) is 0 Å². The molecule has 0 spiro atoms. The Morgan fingerprint density at radius 1 is 1.11 bits per heavy atom. The quantitative estimate of drug-likeness (QED) is 0.639. The lowest BCUT2D eigenvalue weighted by Crippen LogP contribution is -2.09. The van der Waals surface area contributed by atoms with Crippen molar-refractivity contribution in [2.75, 3.05) is 5.75 Å². The van der Waals surface area contributed by atoms with Gasteiger partial charge in [-0.3, -0.25) is 0 Å². The molecule has 92 valence electrons. The number of benzene rings is 2. The summed E-state index contributed by atoms with van der Waals surface area (Å²) in [5.74, 6) is 1.67. The molecule has 1 aliphatic rings. The van der Waals surface area contributed by atoms with Crippen molar-refractivity contribution in [2.24, 2.45) is 0 Å². The number of hydrogen-bond acceptors (Lipinski definition) is 1. The zero-order valence-electron chi connectivity index (χ0n) is 9.70. The molecular weight excluding hydrogens is 328 g/mol. The molecule has 0 aliphatic carbocycles. The molecule has 3 rings (SSSR count). The van der Waals surface area contributed by atoms with Crippen LogP contribution in [-0.2, 0) is 0 Å². The highest BCUT2D eigenvalue weighted by Crippen LogP contribution is 2.44. The van der Waals surface area contributed by atoms with Crippen LogP contribution in [0.1, 0.15) is 23.5 Å². The maximum absolute atomic E-state index is 5.96. The molecule has 0 saturated carbocycles. The van der Waals surface area contributed by atoms with E-state index >= 15 is 0 Å². The van der Waals surface area contributed by atoms with Gasteiger partial charge in [0.05, 0.1) is 0 Å². The SMILES string of the molecule is Clc1ccc(C2CCSc3c(Br)cccc32)cc1. The Morgan fingerprint density at radius 2 is 1.89 bits per heavy atom. The maximum atomic E-state index is 5.96. The van der Waals surface area contributed by atoms with Gasteiger partial charge in [0.2, 0.25) is 0 Å². The van der Waals surface area contributed by atoms with Crippen molar-refractivity contribution in [3.8, 4) is 0 Å². The molecule has 0 N–H and O–H groups in total. The molecule has 0 amide bonds.